The molecule has 0 bridgehead atoms. The van der Waals surface area contributed by atoms with Crippen LogP contribution < -0.4 is 10.6 Å². The van der Waals surface area contributed by atoms with Crippen molar-refractivity contribution in [3.63, 3.8) is 0 Å². The summed E-state index contributed by atoms with van der Waals surface area (Å²) in [5.41, 5.74) is 3.97. The zero-order valence-corrected chi connectivity index (χ0v) is 17.8. The van der Waals surface area contributed by atoms with Crippen molar-refractivity contribution in [1.29, 1.82) is 5.26 Å². The minimum atomic E-state index is -0.505. The number of hydrogen-bond donors (Lipinski definition) is 2. The first-order valence-electron chi connectivity index (χ1n) is 8.94. The molecule has 0 atom stereocenters. The van der Waals surface area contributed by atoms with Crippen LogP contribution >= 0.6 is 27.5 Å². The van der Waals surface area contributed by atoms with Crippen LogP contribution in [0.2, 0.25) is 5.02 Å². The molecule has 30 heavy (non-hydrogen) atoms. The zero-order chi connectivity index (χ0) is 21.1. The van der Waals surface area contributed by atoms with Crippen molar-refractivity contribution in [1.82, 2.24) is 9.97 Å². The Kier molecular flexibility index (Phi) is 5.79. The average Bonchev–Trinajstić information content (AvgIpc) is 2.75. The Balaban J connectivity index is 1.69. The number of pyridine rings is 2. The Bertz CT molecular complexity index is 1290. The molecule has 0 saturated heterocycles. The summed E-state index contributed by atoms with van der Waals surface area (Å²) in [6, 6.07) is 17.9. The number of benzene rings is 2. The van der Waals surface area contributed by atoms with Crippen molar-refractivity contribution in [3.05, 3.63) is 87.5 Å². The summed E-state index contributed by atoms with van der Waals surface area (Å²) in [6.07, 6.45) is 1.51. The molecular formula is C22H14BrClFN5. The molecule has 2 N–H and O–H groups in total. The number of fused-ring (bicyclic) bond motifs is 1. The quantitative estimate of drug-likeness (QED) is 0.321. The first-order chi connectivity index (χ1) is 14.5. The molecule has 2 aromatic heterocycles. The van der Waals surface area contributed by atoms with Gasteiger partial charge in [-0.15, -0.1) is 0 Å². The molecule has 5 nitrogen and oxygen atoms in total. The Morgan fingerprint density at radius 2 is 1.93 bits per heavy atom. The van der Waals surface area contributed by atoms with Gasteiger partial charge in [0.25, 0.3) is 0 Å². The van der Waals surface area contributed by atoms with Crippen LogP contribution in [0.4, 0.5) is 21.5 Å². The molecule has 148 valence electrons. The molecule has 0 aliphatic heterocycles. The maximum atomic E-state index is 13.5. The highest BCUT2D eigenvalue weighted by atomic mass is 79.9. The fraction of sp³-hybridized carbons (Fsp3) is 0.0455. The van der Waals surface area contributed by atoms with Gasteiger partial charge in [0.05, 0.1) is 34.0 Å². The summed E-state index contributed by atoms with van der Waals surface area (Å²) < 4.78 is 14.3. The lowest BCUT2D eigenvalue weighted by Crippen LogP contribution is -2.02. The first kappa shape index (κ1) is 20.1. The van der Waals surface area contributed by atoms with Gasteiger partial charge >= 0.3 is 0 Å². The summed E-state index contributed by atoms with van der Waals surface area (Å²) in [7, 11) is 0. The average molecular weight is 483 g/mol. The molecule has 0 aliphatic carbocycles. The second-order valence-electron chi connectivity index (χ2n) is 6.45. The Morgan fingerprint density at radius 3 is 2.70 bits per heavy atom. The molecule has 0 aliphatic rings. The predicted molar refractivity (Wildman–Crippen MR) is 120 cm³/mol. The standard InChI is InChI=1S/C22H14BrClFN5/c23-21-3-1-2-16(29-21)12-27-14-5-7-20-17(8-14)22(13(10-26)11-28-20)30-15-4-6-19(25)18(24)9-15/h1-9,11,27H,12H2,(H,28,30). The van der Waals surface area contributed by atoms with Gasteiger partial charge in [-0.05, 0) is 64.5 Å². The molecule has 2 aromatic carbocycles. The highest BCUT2D eigenvalue weighted by Crippen LogP contribution is 2.32. The second kappa shape index (κ2) is 8.66. The Morgan fingerprint density at radius 1 is 1.10 bits per heavy atom. The van der Waals surface area contributed by atoms with Gasteiger partial charge in [-0.2, -0.15) is 5.26 Å². The van der Waals surface area contributed by atoms with Gasteiger partial charge in [-0.3, -0.25) is 4.98 Å². The number of halogens is 3. The van der Waals surface area contributed by atoms with Gasteiger partial charge in [0.2, 0.25) is 0 Å². The van der Waals surface area contributed by atoms with Crippen LogP contribution in [0.5, 0.6) is 0 Å². The van der Waals surface area contributed by atoms with E-state index in [9.17, 15) is 9.65 Å². The van der Waals surface area contributed by atoms with Gasteiger partial charge in [0.15, 0.2) is 0 Å². The van der Waals surface area contributed by atoms with E-state index in [1.54, 1.807) is 6.07 Å². The van der Waals surface area contributed by atoms with Crippen molar-refractivity contribution in [3.8, 4) is 6.07 Å². The van der Waals surface area contributed by atoms with E-state index >= 15 is 0 Å². The number of aromatic nitrogens is 2. The number of anilines is 3. The van der Waals surface area contributed by atoms with E-state index in [0.717, 1.165) is 26.9 Å². The van der Waals surface area contributed by atoms with E-state index in [4.69, 9.17) is 11.6 Å². The monoisotopic (exact) mass is 481 g/mol. The molecule has 8 heteroatoms. The maximum absolute atomic E-state index is 13.5. The van der Waals surface area contributed by atoms with Crippen LogP contribution in [0.1, 0.15) is 11.3 Å². The lowest BCUT2D eigenvalue weighted by Gasteiger charge is -2.14. The predicted octanol–water partition coefficient (Wildman–Crippen LogP) is 6.41. The van der Waals surface area contributed by atoms with E-state index in [2.05, 4.69) is 42.6 Å². The molecule has 0 spiro atoms. The molecule has 0 fully saturated rings. The fourth-order valence-electron chi connectivity index (χ4n) is 2.98. The number of hydrogen-bond acceptors (Lipinski definition) is 5. The van der Waals surface area contributed by atoms with Gasteiger partial charge in [0, 0.05) is 23.0 Å². The topological polar surface area (TPSA) is 73.6 Å². The number of rotatable bonds is 5. The maximum Gasteiger partial charge on any atom is 0.141 e. The van der Waals surface area contributed by atoms with E-state index in [0.29, 0.717) is 23.5 Å². The van der Waals surface area contributed by atoms with Crippen molar-refractivity contribution >= 4 is 55.5 Å². The summed E-state index contributed by atoms with van der Waals surface area (Å²) in [5.74, 6) is -0.505. The van der Waals surface area contributed by atoms with Crippen LogP contribution in [0, 0.1) is 17.1 Å². The van der Waals surface area contributed by atoms with Gasteiger partial charge in [-0.1, -0.05) is 17.7 Å². The largest absolute Gasteiger partial charge is 0.379 e. The number of nitrogens with zero attached hydrogens (tertiary/aromatic N) is 3. The highest BCUT2D eigenvalue weighted by Gasteiger charge is 2.11. The number of nitriles is 1. The first-order valence-corrected chi connectivity index (χ1v) is 10.1. The number of nitrogens with one attached hydrogen (secondary N) is 2. The normalized spacial score (nSPS) is 10.6. The minimum absolute atomic E-state index is 0.000692. The summed E-state index contributed by atoms with van der Waals surface area (Å²) >= 11 is 9.26. The SMILES string of the molecule is N#Cc1cnc2ccc(NCc3cccc(Br)n3)cc2c1Nc1ccc(F)c(Cl)c1. The van der Waals surface area contributed by atoms with Crippen molar-refractivity contribution in [2.24, 2.45) is 0 Å². The lowest BCUT2D eigenvalue weighted by molar-refractivity contribution is 0.628. The molecule has 4 rings (SSSR count). The van der Waals surface area contributed by atoms with E-state index in [1.165, 1.54) is 18.3 Å². The minimum Gasteiger partial charge on any atom is -0.379 e. The summed E-state index contributed by atoms with van der Waals surface area (Å²) in [4.78, 5) is 8.77. The van der Waals surface area contributed by atoms with Crippen LogP contribution in [0.15, 0.2) is 65.4 Å². The van der Waals surface area contributed by atoms with Gasteiger partial charge < -0.3 is 10.6 Å². The van der Waals surface area contributed by atoms with E-state index in [1.807, 2.05) is 36.4 Å². The zero-order valence-electron chi connectivity index (χ0n) is 15.5. The van der Waals surface area contributed by atoms with Gasteiger partial charge in [0.1, 0.15) is 16.5 Å². The summed E-state index contributed by atoms with van der Waals surface area (Å²) in [6.45, 7) is 0.534. The third-order valence-corrected chi connectivity index (χ3v) is 5.16. The second-order valence-corrected chi connectivity index (χ2v) is 7.67. The third kappa shape index (κ3) is 4.35. The smallest absolute Gasteiger partial charge is 0.141 e. The molecule has 4 aromatic rings. The third-order valence-electron chi connectivity index (χ3n) is 4.42. The van der Waals surface area contributed by atoms with Crippen LogP contribution in [0.25, 0.3) is 10.9 Å². The fourth-order valence-corrected chi connectivity index (χ4v) is 3.54. The molecule has 0 amide bonds. The van der Waals surface area contributed by atoms with E-state index in [-0.39, 0.29) is 5.02 Å². The molecule has 0 saturated carbocycles. The summed E-state index contributed by atoms with van der Waals surface area (Å²) in [5, 5.41) is 16.8. The van der Waals surface area contributed by atoms with Crippen molar-refractivity contribution in [2.75, 3.05) is 10.6 Å². The van der Waals surface area contributed by atoms with Crippen LogP contribution in [-0.2, 0) is 6.54 Å². The van der Waals surface area contributed by atoms with Crippen LogP contribution in [0.3, 0.4) is 0 Å². The molecule has 2 heterocycles. The highest BCUT2D eigenvalue weighted by molar-refractivity contribution is 9.10. The van der Waals surface area contributed by atoms with E-state index < -0.39 is 5.82 Å². The molecule has 0 unspecified atom stereocenters. The van der Waals surface area contributed by atoms with Crippen LogP contribution in [-0.4, -0.2) is 9.97 Å². The molecular weight excluding hydrogens is 469 g/mol. The van der Waals surface area contributed by atoms with Crippen molar-refractivity contribution < 1.29 is 4.39 Å². The van der Waals surface area contributed by atoms with Crippen molar-refractivity contribution in [2.45, 2.75) is 6.54 Å². The van der Waals surface area contributed by atoms with Gasteiger partial charge in [-0.25, -0.2) is 9.37 Å². The lowest BCUT2D eigenvalue weighted by atomic mass is 10.1. The Hall–Kier alpha value is -3.21. The Labute approximate surface area is 185 Å². The molecule has 0 radical (unpaired) electrons.